The number of hydrogen-bond donors (Lipinski definition) is 2. The molecule has 0 spiro atoms. The lowest BCUT2D eigenvalue weighted by atomic mass is 10.1. The smallest absolute Gasteiger partial charge is 0.407 e. The van der Waals surface area contributed by atoms with E-state index in [0.717, 1.165) is 41.4 Å². The minimum atomic E-state index is -0.864. The Morgan fingerprint density at radius 2 is 2.35 bits per heavy atom. The van der Waals surface area contributed by atoms with Gasteiger partial charge in [-0.1, -0.05) is 0 Å². The van der Waals surface area contributed by atoms with Crippen molar-refractivity contribution in [3.05, 3.63) is 11.0 Å². The van der Waals surface area contributed by atoms with E-state index < -0.39 is 6.09 Å². The summed E-state index contributed by atoms with van der Waals surface area (Å²) in [6.07, 6.45) is 1.84. The molecule has 0 bridgehead atoms. The first-order chi connectivity index (χ1) is 9.63. The highest BCUT2D eigenvalue weighted by atomic mass is 35.5. The standard InChI is InChI=1S/C12H15ClN4O2S/c13-11-15-8-3-5-20-9(8)10(16-11)14-7-2-1-4-17(6-7)12(18)19/h7H,1-6H2,(H,18,19)(H,14,15,16)/t7-/m0/s1. The quantitative estimate of drug-likeness (QED) is 0.816. The highest BCUT2D eigenvalue weighted by molar-refractivity contribution is 7.99. The Morgan fingerprint density at radius 3 is 3.15 bits per heavy atom. The fourth-order valence-corrected chi connectivity index (χ4v) is 3.84. The van der Waals surface area contributed by atoms with E-state index in [1.54, 1.807) is 11.8 Å². The van der Waals surface area contributed by atoms with Gasteiger partial charge in [-0.3, -0.25) is 0 Å². The van der Waals surface area contributed by atoms with Gasteiger partial charge in [0, 0.05) is 31.3 Å². The van der Waals surface area contributed by atoms with Crippen molar-refractivity contribution in [2.24, 2.45) is 0 Å². The van der Waals surface area contributed by atoms with Gasteiger partial charge in [0.1, 0.15) is 5.82 Å². The van der Waals surface area contributed by atoms with E-state index in [4.69, 9.17) is 16.7 Å². The molecule has 1 aromatic heterocycles. The van der Waals surface area contributed by atoms with Gasteiger partial charge in [-0.15, -0.1) is 11.8 Å². The molecule has 8 heteroatoms. The van der Waals surface area contributed by atoms with Crippen LogP contribution >= 0.6 is 23.4 Å². The van der Waals surface area contributed by atoms with Crippen LogP contribution in [-0.4, -0.2) is 51.0 Å². The summed E-state index contributed by atoms with van der Waals surface area (Å²) in [6.45, 7) is 1.08. The maximum absolute atomic E-state index is 11.0. The molecular formula is C12H15ClN4O2S. The van der Waals surface area contributed by atoms with Crippen LogP contribution in [0.1, 0.15) is 18.5 Å². The summed E-state index contributed by atoms with van der Waals surface area (Å²) in [6, 6.07) is 0.0797. The summed E-state index contributed by atoms with van der Waals surface area (Å²) in [4.78, 5) is 22.0. The molecule has 1 saturated heterocycles. The number of carboxylic acid groups (broad SMARTS) is 1. The van der Waals surface area contributed by atoms with E-state index in [-0.39, 0.29) is 11.3 Å². The summed E-state index contributed by atoms with van der Waals surface area (Å²) in [7, 11) is 0. The lowest BCUT2D eigenvalue weighted by Crippen LogP contribution is -2.44. The molecule has 0 aliphatic carbocycles. The van der Waals surface area contributed by atoms with Crippen LogP contribution in [0.5, 0.6) is 0 Å². The Morgan fingerprint density at radius 1 is 1.50 bits per heavy atom. The van der Waals surface area contributed by atoms with Gasteiger partial charge < -0.3 is 15.3 Å². The van der Waals surface area contributed by atoms with Crippen molar-refractivity contribution in [3.63, 3.8) is 0 Å². The van der Waals surface area contributed by atoms with Crippen molar-refractivity contribution in [2.75, 3.05) is 24.2 Å². The van der Waals surface area contributed by atoms with E-state index in [1.807, 2.05) is 0 Å². The first-order valence-corrected chi connectivity index (χ1v) is 7.93. The van der Waals surface area contributed by atoms with Gasteiger partial charge in [-0.05, 0) is 24.4 Å². The lowest BCUT2D eigenvalue weighted by Gasteiger charge is -2.31. The summed E-state index contributed by atoms with van der Waals surface area (Å²) < 4.78 is 0. The zero-order valence-electron chi connectivity index (χ0n) is 10.8. The first kappa shape index (κ1) is 13.8. The number of hydrogen-bond acceptors (Lipinski definition) is 5. The predicted octanol–water partition coefficient (Wildman–Crippen LogP) is 2.33. The van der Waals surface area contributed by atoms with Crippen molar-refractivity contribution in [1.29, 1.82) is 0 Å². The molecule has 1 amide bonds. The Hall–Kier alpha value is -1.21. The zero-order chi connectivity index (χ0) is 14.1. The topological polar surface area (TPSA) is 78.4 Å². The number of fused-ring (bicyclic) bond motifs is 1. The van der Waals surface area contributed by atoms with E-state index in [1.165, 1.54) is 4.90 Å². The molecule has 1 atom stereocenters. The number of aromatic nitrogens is 2. The van der Waals surface area contributed by atoms with Gasteiger partial charge in [-0.25, -0.2) is 9.78 Å². The number of thioether (sulfide) groups is 1. The van der Waals surface area contributed by atoms with E-state index in [2.05, 4.69) is 15.3 Å². The highest BCUT2D eigenvalue weighted by Crippen LogP contribution is 2.36. The molecule has 20 heavy (non-hydrogen) atoms. The molecule has 2 N–H and O–H groups in total. The molecule has 1 aromatic rings. The minimum absolute atomic E-state index is 0.0797. The van der Waals surface area contributed by atoms with Crippen LogP contribution < -0.4 is 5.32 Å². The number of anilines is 1. The van der Waals surface area contributed by atoms with Gasteiger partial charge in [0.05, 0.1) is 10.6 Å². The molecule has 0 aromatic carbocycles. The number of carbonyl (C=O) groups is 1. The van der Waals surface area contributed by atoms with Crippen molar-refractivity contribution >= 4 is 35.3 Å². The molecule has 108 valence electrons. The summed E-state index contributed by atoms with van der Waals surface area (Å²) in [5, 5.41) is 12.7. The van der Waals surface area contributed by atoms with E-state index >= 15 is 0 Å². The second-order valence-corrected chi connectivity index (χ2v) is 6.37. The van der Waals surface area contributed by atoms with Crippen molar-refractivity contribution in [3.8, 4) is 0 Å². The number of amides is 1. The van der Waals surface area contributed by atoms with E-state index in [0.29, 0.717) is 13.1 Å². The third kappa shape index (κ3) is 2.78. The number of nitrogens with one attached hydrogen (secondary N) is 1. The summed E-state index contributed by atoms with van der Waals surface area (Å²) in [5.74, 6) is 1.74. The monoisotopic (exact) mass is 314 g/mol. The SMILES string of the molecule is O=C(O)N1CCC[C@H](Nc2nc(Cl)nc3c2SCC3)C1. The first-order valence-electron chi connectivity index (χ1n) is 6.57. The third-order valence-corrected chi connectivity index (χ3v) is 4.82. The maximum atomic E-state index is 11.0. The molecule has 3 heterocycles. The molecule has 2 aliphatic rings. The fraction of sp³-hybridized carbons (Fsp3) is 0.583. The number of nitrogens with zero attached hydrogens (tertiary/aromatic N) is 3. The molecule has 0 radical (unpaired) electrons. The van der Waals surface area contributed by atoms with Crippen LogP contribution in [-0.2, 0) is 6.42 Å². The third-order valence-electron chi connectivity index (χ3n) is 3.53. The van der Waals surface area contributed by atoms with Crippen molar-refractivity contribution in [1.82, 2.24) is 14.9 Å². The highest BCUT2D eigenvalue weighted by Gasteiger charge is 2.26. The summed E-state index contributed by atoms with van der Waals surface area (Å²) in [5.41, 5.74) is 0.989. The van der Waals surface area contributed by atoms with Gasteiger partial charge in [0.15, 0.2) is 0 Å². The molecule has 3 rings (SSSR count). The van der Waals surface area contributed by atoms with Gasteiger partial charge in [0.25, 0.3) is 0 Å². The number of rotatable bonds is 2. The number of halogens is 1. The average Bonchev–Trinajstić information content (AvgIpc) is 2.87. The van der Waals surface area contributed by atoms with Crippen LogP contribution in [0.3, 0.4) is 0 Å². The minimum Gasteiger partial charge on any atom is -0.465 e. The Labute approximate surface area is 125 Å². The van der Waals surface area contributed by atoms with E-state index in [9.17, 15) is 4.79 Å². The zero-order valence-corrected chi connectivity index (χ0v) is 12.4. The largest absolute Gasteiger partial charge is 0.465 e. The lowest BCUT2D eigenvalue weighted by molar-refractivity contribution is 0.132. The average molecular weight is 315 g/mol. The normalized spacial score (nSPS) is 21.6. The Bertz CT molecular complexity index is 542. The van der Waals surface area contributed by atoms with Gasteiger partial charge in [0.2, 0.25) is 5.28 Å². The number of likely N-dealkylation sites (tertiary alicyclic amines) is 1. The van der Waals surface area contributed by atoms with Crippen molar-refractivity contribution in [2.45, 2.75) is 30.2 Å². The fourth-order valence-electron chi connectivity index (χ4n) is 2.60. The molecule has 1 fully saturated rings. The van der Waals surface area contributed by atoms with Crippen molar-refractivity contribution < 1.29 is 9.90 Å². The second kappa shape index (κ2) is 5.65. The van der Waals surface area contributed by atoms with Crippen LogP contribution in [0.4, 0.5) is 10.6 Å². The Balaban J connectivity index is 1.76. The molecule has 0 saturated carbocycles. The van der Waals surface area contributed by atoms with Crippen LogP contribution in [0.2, 0.25) is 5.28 Å². The molecule has 0 unspecified atom stereocenters. The van der Waals surface area contributed by atoms with Crippen LogP contribution in [0.25, 0.3) is 0 Å². The maximum Gasteiger partial charge on any atom is 0.407 e. The number of aryl methyl sites for hydroxylation is 1. The van der Waals surface area contributed by atoms with Crippen LogP contribution in [0, 0.1) is 0 Å². The van der Waals surface area contributed by atoms with Gasteiger partial charge >= 0.3 is 6.09 Å². The Kier molecular flexibility index (Phi) is 3.89. The van der Waals surface area contributed by atoms with Crippen LogP contribution in [0.15, 0.2) is 4.90 Å². The molecule has 6 nitrogen and oxygen atoms in total. The number of piperidine rings is 1. The predicted molar refractivity (Wildman–Crippen MR) is 77.7 cm³/mol. The summed E-state index contributed by atoms with van der Waals surface area (Å²) >= 11 is 7.67. The van der Waals surface area contributed by atoms with Gasteiger partial charge in [-0.2, -0.15) is 4.98 Å². The second-order valence-electron chi connectivity index (χ2n) is 4.93. The molecule has 2 aliphatic heterocycles. The molecular weight excluding hydrogens is 300 g/mol.